The average Bonchev–Trinajstić information content (AvgIpc) is 2.05. The molecule has 0 aromatic rings. The minimum Gasteiger partial charge on any atom is -0.662 e. The van der Waals surface area contributed by atoms with Crippen molar-refractivity contribution in [1.82, 2.24) is 10.6 Å². The Morgan fingerprint density at radius 2 is 0.895 bits per heavy atom. The minimum atomic E-state index is 0. The molecule has 124 valence electrons. The third-order valence-electron chi connectivity index (χ3n) is 2.05. The van der Waals surface area contributed by atoms with Crippen molar-refractivity contribution in [2.45, 2.75) is 19.3 Å². The summed E-state index contributed by atoms with van der Waals surface area (Å²) in [6, 6.07) is 0. The zero-order valence-corrected chi connectivity index (χ0v) is 16.3. The molecule has 0 spiro atoms. The molecule has 2 N–H and O–H groups in total. The van der Waals surface area contributed by atoms with E-state index in [4.69, 9.17) is 0 Å². The summed E-state index contributed by atoms with van der Waals surface area (Å²) in [6.45, 7) is 6.62. The molecule has 1 fully saturated rings. The van der Waals surface area contributed by atoms with Crippen molar-refractivity contribution < 1.29 is 21.7 Å². The van der Waals surface area contributed by atoms with Crippen LogP contribution in [0.15, 0.2) is 0 Å². The molecular formula is C13H34Cl2N3Ti-5. The molecule has 1 aliphatic rings. The van der Waals surface area contributed by atoms with Crippen LogP contribution >= 0.6 is 24.8 Å². The summed E-state index contributed by atoms with van der Waals surface area (Å²) < 4.78 is 0. The van der Waals surface area contributed by atoms with E-state index in [1.54, 1.807) is 0 Å². The van der Waals surface area contributed by atoms with Gasteiger partial charge in [0.25, 0.3) is 0 Å². The number of hydrogen-bond acceptors (Lipinski definition) is 2. The summed E-state index contributed by atoms with van der Waals surface area (Å²) >= 11 is 0. The SMILES string of the molecule is C1C[N-]CCCNCCCNC1.Cl.Cl.[CH3-].[CH3-].[CH3-].[CH3-].[Ti]. The van der Waals surface area contributed by atoms with E-state index in [1.807, 2.05) is 0 Å². The van der Waals surface area contributed by atoms with E-state index in [0.29, 0.717) is 0 Å². The summed E-state index contributed by atoms with van der Waals surface area (Å²) in [5.74, 6) is 0. The summed E-state index contributed by atoms with van der Waals surface area (Å²) in [5, 5.41) is 11.2. The molecule has 0 aliphatic carbocycles. The van der Waals surface area contributed by atoms with Gasteiger partial charge < -0.3 is 45.7 Å². The average molecular weight is 351 g/mol. The van der Waals surface area contributed by atoms with Gasteiger partial charge in [0, 0.05) is 21.7 Å². The maximum absolute atomic E-state index is 4.42. The first kappa shape index (κ1) is 42.7. The second kappa shape index (κ2) is 36.5. The Hall–Kier alpha value is 1.17. The summed E-state index contributed by atoms with van der Waals surface area (Å²) in [7, 11) is 0. The van der Waals surface area contributed by atoms with E-state index in [2.05, 4.69) is 16.0 Å². The summed E-state index contributed by atoms with van der Waals surface area (Å²) in [5.41, 5.74) is 0. The van der Waals surface area contributed by atoms with Gasteiger partial charge in [-0.05, 0) is 32.6 Å². The summed E-state index contributed by atoms with van der Waals surface area (Å²) in [6.07, 6.45) is 3.65. The Balaban J connectivity index is -0.0000000411. The van der Waals surface area contributed by atoms with Gasteiger partial charge in [-0.2, -0.15) is 0 Å². The van der Waals surface area contributed by atoms with Gasteiger partial charge in [0.2, 0.25) is 0 Å². The minimum absolute atomic E-state index is 0. The van der Waals surface area contributed by atoms with E-state index in [9.17, 15) is 0 Å². The first-order valence-corrected chi connectivity index (χ1v) is 5.05. The molecule has 0 saturated carbocycles. The number of halogens is 2. The van der Waals surface area contributed by atoms with Crippen LogP contribution in [0.3, 0.4) is 0 Å². The molecule has 0 bridgehead atoms. The van der Waals surface area contributed by atoms with Crippen LogP contribution in [0.25, 0.3) is 5.32 Å². The predicted molar refractivity (Wildman–Crippen MR) is 92.8 cm³/mol. The molecule has 0 unspecified atom stereocenters. The Labute approximate surface area is 150 Å². The van der Waals surface area contributed by atoms with Crippen LogP contribution in [0.2, 0.25) is 0 Å². The maximum atomic E-state index is 4.42. The fraction of sp³-hybridized carbons (Fsp3) is 0.692. The number of hydrogen-bond donors (Lipinski definition) is 2. The third-order valence-corrected chi connectivity index (χ3v) is 2.05. The van der Waals surface area contributed by atoms with Gasteiger partial charge in [-0.3, -0.25) is 0 Å². The third kappa shape index (κ3) is 32.6. The van der Waals surface area contributed by atoms with E-state index >= 15 is 0 Å². The van der Waals surface area contributed by atoms with Gasteiger partial charge in [0.05, 0.1) is 0 Å². The van der Waals surface area contributed by atoms with Crippen molar-refractivity contribution in [3.63, 3.8) is 0 Å². The Kier molecular flexibility index (Phi) is 82.1. The molecular weight excluding hydrogens is 317 g/mol. The molecule has 1 saturated heterocycles. The van der Waals surface area contributed by atoms with Crippen molar-refractivity contribution in [2.75, 3.05) is 39.3 Å². The Bertz CT molecular complexity index is 68.9. The molecule has 1 aliphatic heterocycles. The monoisotopic (exact) mass is 350 g/mol. The fourth-order valence-corrected chi connectivity index (χ4v) is 1.33. The predicted octanol–water partition coefficient (Wildman–Crippen LogP) is 3.37. The largest absolute Gasteiger partial charge is 0.662 e. The quantitative estimate of drug-likeness (QED) is 0.519. The van der Waals surface area contributed by atoms with Gasteiger partial charge in [0.1, 0.15) is 0 Å². The fourth-order valence-electron chi connectivity index (χ4n) is 1.33. The Morgan fingerprint density at radius 1 is 0.579 bits per heavy atom. The van der Waals surface area contributed by atoms with Crippen LogP contribution in [0.1, 0.15) is 19.3 Å². The van der Waals surface area contributed by atoms with Crippen molar-refractivity contribution >= 4 is 24.8 Å². The van der Waals surface area contributed by atoms with Crippen molar-refractivity contribution in [3.8, 4) is 0 Å². The molecule has 6 heteroatoms. The zero-order chi connectivity index (χ0) is 8.49. The molecule has 1 heterocycles. The van der Waals surface area contributed by atoms with Crippen LogP contribution in [-0.2, 0) is 21.7 Å². The van der Waals surface area contributed by atoms with Crippen LogP contribution < -0.4 is 10.6 Å². The molecule has 1 rings (SSSR count). The second-order valence-electron chi connectivity index (χ2n) is 3.23. The standard InChI is InChI=1S/C9H20N3.4CH3.2ClH.Ti/c1-4-10-6-2-8-12-9-3-7-11-5-1;;;;;;;/h10-11H,1-9H2;4*1H3;2*1H;/q5*-1;;;. The number of rotatable bonds is 0. The molecule has 19 heavy (non-hydrogen) atoms. The van der Waals surface area contributed by atoms with Crippen LogP contribution in [0.4, 0.5) is 0 Å². The molecule has 3 nitrogen and oxygen atoms in total. The smallest absolute Gasteiger partial charge is 0 e. The molecule has 0 atom stereocenters. The molecule has 0 aromatic carbocycles. The van der Waals surface area contributed by atoms with Crippen molar-refractivity contribution in [2.24, 2.45) is 0 Å². The number of nitrogens with one attached hydrogen (secondary N) is 2. The van der Waals surface area contributed by atoms with Gasteiger partial charge in [-0.25, -0.2) is 0 Å². The second-order valence-corrected chi connectivity index (χ2v) is 3.23. The normalized spacial score (nSPS) is 15.2. The summed E-state index contributed by atoms with van der Waals surface area (Å²) in [4.78, 5) is 0. The van der Waals surface area contributed by atoms with E-state index < -0.39 is 0 Å². The molecule has 0 radical (unpaired) electrons. The first-order chi connectivity index (χ1) is 6.00. The first-order valence-electron chi connectivity index (χ1n) is 5.05. The topological polar surface area (TPSA) is 38.2 Å². The van der Waals surface area contributed by atoms with Gasteiger partial charge in [-0.1, -0.05) is 12.8 Å². The van der Waals surface area contributed by atoms with Crippen LogP contribution in [0, 0.1) is 29.7 Å². The van der Waals surface area contributed by atoms with Crippen LogP contribution in [-0.4, -0.2) is 39.3 Å². The van der Waals surface area contributed by atoms with Crippen LogP contribution in [0.5, 0.6) is 0 Å². The van der Waals surface area contributed by atoms with E-state index in [0.717, 1.165) is 39.3 Å². The molecule has 0 aromatic heterocycles. The zero-order valence-electron chi connectivity index (χ0n) is 13.1. The number of nitrogens with zero attached hydrogens (tertiary/aromatic N) is 1. The molecule has 0 amide bonds. The van der Waals surface area contributed by atoms with Gasteiger partial charge >= 0.3 is 0 Å². The van der Waals surface area contributed by atoms with E-state index in [-0.39, 0.29) is 76.2 Å². The van der Waals surface area contributed by atoms with Gasteiger partial charge in [0.15, 0.2) is 0 Å². The van der Waals surface area contributed by atoms with Crippen molar-refractivity contribution in [1.29, 1.82) is 0 Å². The van der Waals surface area contributed by atoms with Crippen molar-refractivity contribution in [3.05, 3.63) is 35.0 Å². The maximum Gasteiger partial charge on any atom is 0 e. The van der Waals surface area contributed by atoms with Gasteiger partial charge in [-0.15, -0.1) is 37.9 Å². The Morgan fingerprint density at radius 3 is 1.26 bits per heavy atom. The van der Waals surface area contributed by atoms with E-state index in [1.165, 1.54) is 19.3 Å².